The second-order valence-electron chi connectivity index (χ2n) is 17.2. The summed E-state index contributed by atoms with van der Waals surface area (Å²) in [7, 11) is 0. The van der Waals surface area contributed by atoms with E-state index in [1.807, 2.05) is 24.3 Å². The summed E-state index contributed by atoms with van der Waals surface area (Å²) < 4.78 is 2.47. The van der Waals surface area contributed by atoms with E-state index >= 15 is 0 Å². The Hall–Kier alpha value is -8.99. The van der Waals surface area contributed by atoms with Crippen molar-refractivity contribution in [2.45, 2.75) is 0 Å². The maximum Gasteiger partial charge on any atom is 0.164 e. The first-order valence-electron chi connectivity index (χ1n) is 22.8. The van der Waals surface area contributed by atoms with Crippen molar-refractivity contribution < 1.29 is 0 Å². The van der Waals surface area contributed by atoms with E-state index in [9.17, 15) is 0 Å². The molecule has 2 heterocycles. The molecule has 4 heteroatoms. The van der Waals surface area contributed by atoms with Crippen LogP contribution in [0.1, 0.15) is 0 Å². The van der Waals surface area contributed by atoms with Gasteiger partial charge in [-0.3, -0.25) is 0 Å². The van der Waals surface area contributed by atoms with E-state index < -0.39 is 0 Å². The van der Waals surface area contributed by atoms with Crippen molar-refractivity contribution in [1.29, 1.82) is 0 Å². The third-order valence-electron chi connectivity index (χ3n) is 13.2. The summed E-state index contributed by atoms with van der Waals surface area (Å²) in [4.78, 5) is 15.8. The average Bonchev–Trinajstić information content (AvgIpc) is 3.73. The summed E-state index contributed by atoms with van der Waals surface area (Å²) in [6.45, 7) is 0. The molecule has 0 radical (unpaired) electrons. The van der Waals surface area contributed by atoms with Gasteiger partial charge in [0.15, 0.2) is 17.5 Å². The number of hydrogen-bond acceptors (Lipinski definition) is 3. The van der Waals surface area contributed by atoms with Crippen LogP contribution >= 0.6 is 0 Å². The lowest BCUT2D eigenvalue weighted by Crippen LogP contribution is -2.02. The predicted octanol–water partition coefficient (Wildman–Crippen LogP) is 16.4. The molecule has 11 aromatic carbocycles. The van der Waals surface area contributed by atoms with E-state index in [1.54, 1.807) is 0 Å². The Balaban J connectivity index is 1.08. The zero-order chi connectivity index (χ0) is 44.3. The van der Waals surface area contributed by atoms with Gasteiger partial charge in [0.25, 0.3) is 0 Å². The third-order valence-corrected chi connectivity index (χ3v) is 13.2. The van der Waals surface area contributed by atoms with Gasteiger partial charge in [0.1, 0.15) is 0 Å². The molecule has 0 unspecified atom stereocenters. The second-order valence-corrected chi connectivity index (χ2v) is 17.2. The molecule has 2 aromatic heterocycles. The molecular formula is C63H40N4. The highest BCUT2D eigenvalue weighted by molar-refractivity contribution is 6.24. The summed E-state index contributed by atoms with van der Waals surface area (Å²) in [5, 5.41) is 9.50. The average molecular weight is 853 g/mol. The first kappa shape index (κ1) is 38.5. The molecule has 13 rings (SSSR count). The molecule has 0 aliphatic heterocycles. The highest BCUT2D eigenvalue weighted by Crippen LogP contribution is 2.43. The first-order valence-corrected chi connectivity index (χ1v) is 22.8. The lowest BCUT2D eigenvalue weighted by molar-refractivity contribution is 1.08. The number of fused-ring (bicyclic) bond motifs is 7. The Morgan fingerprint density at radius 2 is 0.761 bits per heavy atom. The Morgan fingerprint density at radius 1 is 0.254 bits per heavy atom. The largest absolute Gasteiger partial charge is 0.309 e. The van der Waals surface area contributed by atoms with Crippen LogP contribution in [0.3, 0.4) is 0 Å². The van der Waals surface area contributed by atoms with Crippen molar-refractivity contribution in [3.05, 3.63) is 243 Å². The molecule has 0 spiro atoms. The second kappa shape index (κ2) is 15.9. The zero-order valence-corrected chi connectivity index (χ0v) is 36.4. The SMILES string of the molecule is c1ccc(-c2ccc(-c3nc(-c4ccccc4)nc(-c4ccc(-n5c6cc7ccccc7cc6c6c7ccccc7ccc65)c5ccc(-c6cccc(-c7ccccc7)c6)cc45)n3)cc2)cc1. The summed E-state index contributed by atoms with van der Waals surface area (Å²) >= 11 is 0. The minimum atomic E-state index is 0.613. The zero-order valence-electron chi connectivity index (χ0n) is 36.4. The lowest BCUT2D eigenvalue weighted by atomic mass is 9.94. The minimum Gasteiger partial charge on any atom is -0.309 e. The van der Waals surface area contributed by atoms with Gasteiger partial charge in [-0.1, -0.05) is 200 Å². The molecule has 0 aliphatic rings. The van der Waals surface area contributed by atoms with Crippen LogP contribution in [-0.2, 0) is 0 Å². The van der Waals surface area contributed by atoms with Gasteiger partial charge in [-0.25, -0.2) is 15.0 Å². The molecule has 0 fully saturated rings. The monoisotopic (exact) mass is 852 g/mol. The predicted molar refractivity (Wildman–Crippen MR) is 279 cm³/mol. The first-order chi connectivity index (χ1) is 33.2. The maximum absolute atomic E-state index is 5.34. The summed E-state index contributed by atoms with van der Waals surface area (Å²) in [5.41, 5.74) is 13.1. The van der Waals surface area contributed by atoms with Crippen LogP contribution in [0.5, 0.6) is 0 Å². The van der Waals surface area contributed by atoms with Crippen LogP contribution in [0.15, 0.2) is 243 Å². The molecule has 0 saturated heterocycles. The van der Waals surface area contributed by atoms with Gasteiger partial charge < -0.3 is 4.57 Å². The topological polar surface area (TPSA) is 43.6 Å². The Morgan fingerprint density at radius 3 is 1.48 bits per heavy atom. The fraction of sp³-hybridized carbons (Fsp3) is 0. The Kier molecular flexibility index (Phi) is 9.14. The van der Waals surface area contributed by atoms with Gasteiger partial charge in [-0.2, -0.15) is 0 Å². The lowest BCUT2D eigenvalue weighted by Gasteiger charge is -2.17. The molecule has 0 atom stereocenters. The molecule has 13 aromatic rings. The Labute approximate surface area is 387 Å². The Bertz CT molecular complexity index is 4010. The van der Waals surface area contributed by atoms with E-state index in [0.717, 1.165) is 66.4 Å². The molecule has 0 aliphatic carbocycles. The number of hydrogen-bond donors (Lipinski definition) is 0. The summed E-state index contributed by atoms with van der Waals surface area (Å²) in [6, 6.07) is 86.7. The van der Waals surface area contributed by atoms with Gasteiger partial charge in [0.05, 0.1) is 16.7 Å². The number of nitrogens with zero attached hydrogens (tertiary/aromatic N) is 4. The third kappa shape index (κ3) is 6.74. The van der Waals surface area contributed by atoms with Crippen molar-refractivity contribution >= 4 is 54.1 Å². The number of rotatable bonds is 7. The van der Waals surface area contributed by atoms with Crippen LogP contribution in [0.4, 0.5) is 0 Å². The molecule has 4 nitrogen and oxygen atoms in total. The molecule has 67 heavy (non-hydrogen) atoms. The smallest absolute Gasteiger partial charge is 0.164 e. The van der Waals surface area contributed by atoms with E-state index in [-0.39, 0.29) is 0 Å². The van der Waals surface area contributed by atoms with Crippen molar-refractivity contribution in [1.82, 2.24) is 19.5 Å². The van der Waals surface area contributed by atoms with Crippen molar-refractivity contribution in [2.75, 3.05) is 0 Å². The molecular weight excluding hydrogens is 813 g/mol. The molecule has 0 saturated carbocycles. The maximum atomic E-state index is 5.34. The van der Waals surface area contributed by atoms with E-state index in [4.69, 9.17) is 15.0 Å². The van der Waals surface area contributed by atoms with E-state index in [1.165, 1.54) is 43.4 Å². The van der Waals surface area contributed by atoms with Gasteiger partial charge >= 0.3 is 0 Å². The quantitative estimate of drug-likeness (QED) is 0.160. The minimum absolute atomic E-state index is 0.613. The van der Waals surface area contributed by atoms with Crippen LogP contribution in [0.2, 0.25) is 0 Å². The van der Waals surface area contributed by atoms with Crippen LogP contribution in [0, 0.1) is 0 Å². The molecule has 312 valence electrons. The van der Waals surface area contributed by atoms with Crippen LogP contribution in [0.25, 0.3) is 127 Å². The number of aromatic nitrogens is 4. The standard InChI is InChI=1S/C63H40N4/c1-4-15-41(16-5-1)43-27-29-46(30-28-43)62-64-61(45-20-8-3-9-21-45)65-63(66-62)54-34-36-57(53-33-31-51(38-55(53)54)48-25-14-24-47(37-48)42-17-6-2-7-18-42)67-58-35-32-44-19-12-13-26-52(44)60(58)56-39-49-22-10-11-23-50(49)40-59(56)67/h1-40H. The van der Waals surface area contributed by atoms with Crippen LogP contribution in [-0.4, -0.2) is 19.5 Å². The molecule has 0 bridgehead atoms. The van der Waals surface area contributed by atoms with Gasteiger partial charge in [0, 0.05) is 32.8 Å². The van der Waals surface area contributed by atoms with Gasteiger partial charge in [-0.05, 0) is 103 Å². The van der Waals surface area contributed by atoms with Crippen LogP contribution < -0.4 is 0 Å². The van der Waals surface area contributed by atoms with Crippen molar-refractivity contribution in [3.63, 3.8) is 0 Å². The normalized spacial score (nSPS) is 11.6. The van der Waals surface area contributed by atoms with E-state index in [2.05, 4.69) is 223 Å². The van der Waals surface area contributed by atoms with Gasteiger partial charge in [-0.15, -0.1) is 0 Å². The summed E-state index contributed by atoms with van der Waals surface area (Å²) in [5.74, 6) is 1.85. The summed E-state index contributed by atoms with van der Waals surface area (Å²) in [6.07, 6.45) is 0. The van der Waals surface area contributed by atoms with Crippen molar-refractivity contribution in [2.24, 2.45) is 0 Å². The molecule has 0 amide bonds. The highest BCUT2D eigenvalue weighted by Gasteiger charge is 2.21. The fourth-order valence-electron chi connectivity index (χ4n) is 9.93. The van der Waals surface area contributed by atoms with E-state index in [0.29, 0.717) is 17.5 Å². The van der Waals surface area contributed by atoms with Crippen molar-refractivity contribution in [3.8, 4) is 73.2 Å². The number of benzene rings is 11. The molecule has 0 N–H and O–H groups in total. The van der Waals surface area contributed by atoms with Gasteiger partial charge in [0.2, 0.25) is 0 Å². The fourth-order valence-corrected chi connectivity index (χ4v) is 9.93. The highest BCUT2D eigenvalue weighted by atomic mass is 15.0.